The highest BCUT2D eigenvalue weighted by molar-refractivity contribution is 7.99. The van der Waals surface area contributed by atoms with E-state index in [1.807, 2.05) is 48.5 Å². The number of nitrogens with zero attached hydrogens (tertiary/aromatic N) is 1. The molecule has 0 aliphatic carbocycles. The molecule has 1 saturated heterocycles. The van der Waals surface area contributed by atoms with Gasteiger partial charge < -0.3 is 14.8 Å². The molecule has 31 heavy (non-hydrogen) atoms. The molecule has 168 valence electrons. The second-order valence-electron chi connectivity index (χ2n) is 7.72. The quantitative estimate of drug-likeness (QED) is 0.537. The molecule has 1 N–H and O–H groups in total. The van der Waals surface area contributed by atoms with E-state index in [4.69, 9.17) is 21.1 Å². The first-order valence-corrected chi connectivity index (χ1v) is 12.2. The standard InChI is InChI=1S/C24H31ClN2O3S/c1-27(22-8-11-29-12-9-22)10-13-30-23-7-3-4-19(15-23)16-26-24(28)18-31-17-20-5-2-6-21(25)14-20/h2-7,14-15,22H,8-13,16-18H2,1H3,(H,26,28). The van der Waals surface area contributed by atoms with Gasteiger partial charge in [0, 0.05) is 43.1 Å². The maximum Gasteiger partial charge on any atom is 0.230 e. The Morgan fingerprint density at radius 1 is 1.19 bits per heavy atom. The molecule has 0 radical (unpaired) electrons. The van der Waals surface area contributed by atoms with Gasteiger partial charge in [0.1, 0.15) is 12.4 Å². The summed E-state index contributed by atoms with van der Waals surface area (Å²) in [6, 6.07) is 16.2. The summed E-state index contributed by atoms with van der Waals surface area (Å²) in [5.41, 5.74) is 2.15. The summed E-state index contributed by atoms with van der Waals surface area (Å²) in [7, 11) is 2.15. The van der Waals surface area contributed by atoms with Gasteiger partial charge in [0.05, 0.1) is 5.75 Å². The zero-order chi connectivity index (χ0) is 21.9. The Labute approximate surface area is 194 Å². The van der Waals surface area contributed by atoms with Crippen LogP contribution in [0.25, 0.3) is 0 Å². The van der Waals surface area contributed by atoms with E-state index < -0.39 is 0 Å². The lowest BCUT2D eigenvalue weighted by molar-refractivity contribution is -0.118. The molecule has 0 unspecified atom stereocenters. The number of hydrogen-bond acceptors (Lipinski definition) is 5. The molecule has 0 aromatic heterocycles. The van der Waals surface area contributed by atoms with Crippen LogP contribution in [-0.4, -0.2) is 56.0 Å². The van der Waals surface area contributed by atoms with Crippen molar-refractivity contribution in [2.45, 2.75) is 31.2 Å². The molecule has 3 rings (SSSR count). The molecule has 0 atom stereocenters. The lowest BCUT2D eigenvalue weighted by Crippen LogP contribution is -2.38. The summed E-state index contributed by atoms with van der Waals surface area (Å²) in [5, 5.41) is 3.70. The van der Waals surface area contributed by atoms with Crippen molar-refractivity contribution in [3.05, 3.63) is 64.7 Å². The molecule has 0 spiro atoms. The summed E-state index contributed by atoms with van der Waals surface area (Å²) in [5.74, 6) is 2.04. The topological polar surface area (TPSA) is 50.8 Å². The smallest absolute Gasteiger partial charge is 0.230 e. The fraction of sp³-hybridized carbons (Fsp3) is 0.458. The molecule has 2 aromatic carbocycles. The Kier molecular flexibility index (Phi) is 10.0. The van der Waals surface area contributed by atoms with Gasteiger partial charge in [0.2, 0.25) is 5.91 Å². The van der Waals surface area contributed by atoms with Crippen LogP contribution in [-0.2, 0) is 21.8 Å². The molecule has 1 aliphatic heterocycles. The number of nitrogens with one attached hydrogen (secondary N) is 1. The van der Waals surface area contributed by atoms with Crippen LogP contribution >= 0.6 is 23.4 Å². The Balaban J connectivity index is 1.34. The summed E-state index contributed by atoms with van der Waals surface area (Å²) >= 11 is 7.57. The monoisotopic (exact) mass is 462 g/mol. The number of likely N-dealkylation sites (N-methyl/N-ethyl adjacent to an activating group) is 1. The van der Waals surface area contributed by atoms with E-state index in [0.717, 1.165) is 60.3 Å². The third-order valence-electron chi connectivity index (χ3n) is 5.31. The lowest BCUT2D eigenvalue weighted by Gasteiger charge is -2.31. The van der Waals surface area contributed by atoms with Crippen molar-refractivity contribution >= 4 is 29.3 Å². The van der Waals surface area contributed by atoms with E-state index in [2.05, 4.69) is 17.3 Å². The predicted octanol–water partition coefficient (Wildman–Crippen LogP) is 4.38. The largest absolute Gasteiger partial charge is 0.492 e. The third kappa shape index (κ3) is 8.73. The number of hydrogen-bond donors (Lipinski definition) is 1. The fourth-order valence-corrected chi connectivity index (χ4v) is 4.52. The van der Waals surface area contributed by atoms with Crippen molar-refractivity contribution in [2.75, 3.05) is 39.2 Å². The van der Waals surface area contributed by atoms with Gasteiger partial charge in [-0.1, -0.05) is 35.9 Å². The number of carbonyl (C=O) groups excluding carboxylic acids is 1. The maximum atomic E-state index is 12.2. The number of amides is 1. The first kappa shape index (κ1) is 23.9. The highest BCUT2D eigenvalue weighted by atomic mass is 35.5. The zero-order valence-corrected chi connectivity index (χ0v) is 19.6. The van der Waals surface area contributed by atoms with E-state index in [1.165, 1.54) is 0 Å². The van der Waals surface area contributed by atoms with Crippen molar-refractivity contribution in [3.63, 3.8) is 0 Å². The van der Waals surface area contributed by atoms with Gasteiger partial charge in [-0.15, -0.1) is 11.8 Å². The fourth-order valence-electron chi connectivity index (χ4n) is 3.50. The molecule has 0 saturated carbocycles. The van der Waals surface area contributed by atoms with Gasteiger partial charge in [0.25, 0.3) is 0 Å². The molecule has 1 aliphatic rings. The molecule has 0 bridgehead atoms. The van der Waals surface area contributed by atoms with Gasteiger partial charge in [-0.3, -0.25) is 9.69 Å². The SMILES string of the molecule is CN(CCOc1cccc(CNC(=O)CSCc2cccc(Cl)c2)c1)C1CCOCC1. The van der Waals surface area contributed by atoms with Crippen molar-refractivity contribution in [1.29, 1.82) is 0 Å². The van der Waals surface area contributed by atoms with Crippen molar-refractivity contribution < 1.29 is 14.3 Å². The molecule has 1 fully saturated rings. The Bertz CT molecular complexity index is 830. The molecular weight excluding hydrogens is 432 g/mol. The van der Waals surface area contributed by atoms with Gasteiger partial charge in [-0.2, -0.15) is 0 Å². The first-order valence-electron chi connectivity index (χ1n) is 10.7. The number of ether oxygens (including phenoxy) is 2. The molecular formula is C24H31ClN2O3S. The van der Waals surface area contributed by atoms with Crippen LogP contribution in [0.1, 0.15) is 24.0 Å². The Hall–Kier alpha value is -1.73. The lowest BCUT2D eigenvalue weighted by atomic mass is 10.1. The van der Waals surface area contributed by atoms with Gasteiger partial charge >= 0.3 is 0 Å². The van der Waals surface area contributed by atoms with Gasteiger partial charge in [0.15, 0.2) is 0 Å². The second kappa shape index (κ2) is 13.0. The maximum absolute atomic E-state index is 12.2. The highest BCUT2D eigenvalue weighted by Gasteiger charge is 2.18. The number of carbonyl (C=O) groups is 1. The van der Waals surface area contributed by atoms with Crippen molar-refractivity contribution in [3.8, 4) is 5.75 Å². The Morgan fingerprint density at radius 3 is 2.77 bits per heavy atom. The number of thioether (sulfide) groups is 1. The Morgan fingerprint density at radius 2 is 1.97 bits per heavy atom. The summed E-state index contributed by atoms with van der Waals surface area (Å²) in [4.78, 5) is 14.5. The normalized spacial score (nSPS) is 14.5. The minimum Gasteiger partial charge on any atom is -0.492 e. The van der Waals surface area contributed by atoms with Crippen LogP contribution in [0.5, 0.6) is 5.75 Å². The number of benzene rings is 2. The zero-order valence-electron chi connectivity index (χ0n) is 18.0. The van der Waals surface area contributed by atoms with Crippen LogP contribution in [0.15, 0.2) is 48.5 Å². The van der Waals surface area contributed by atoms with Crippen LogP contribution in [0.4, 0.5) is 0 Å². The minimum atomic E-state index is 0.0245. The number of halogens is 1. The molecule has 1 amide bonds. The van der Waals surface area contributed by atoms with Crippen LogP contribution in [0.3, 0.4) is 0 Å². The van der Waals surface area contributed by atoms with Gasteiger partial charge in [-0.25, -0.2) is 0 Å². The van der Waals surface area contributed by atoms with E-state index in [-0.39, 0.29) is 5.91 Å². The molecule has 7 heteroatoms. The second-order valence-corrected chi connectivity index (χ2v) is 9.14. The van der Waals surface area contributed by atoms with E-state index >= 15 is 0 Å². The van der Waals surface area contributed by atoms with Crippen molar-refractivity contribution in [2.24, 2.45) is 0 Å². The van der Waals surface area contributed by atoms with E-state index in [0.29, 0.717) is 24.9 Å². The molecule has 5 nitrogen and oxygen atoms in total. The summed E-state index contributed by atoms with van der Waals surface area (Å²) < 4.78 is 11.4. The average molecular weight is 463 g/mol. The highest BCUT2D eigenvalue weighted by Crippen LogP contribution is 2.17. The van der Waals surface area contributed by atoms with Crippen LogP contribution < -0.4 is 10.1 Å². The first-order chi connectivity index (χ1) is 15.1. The number of rotatable bonds is 11. The summed E-state index contributed by atoms with van der Waals surface area (Å²) in [6.45, 7) is 3.72. The van der Waals surface area contributed by atoms with E-state index in [9.17, 15) is 4.79 Å². The molecule has 2 aromatic rings. The predicted molar refractivity (Wildman–Crippen MR) is 128 cm³/mol. The third-order valence-corrected chi connectivity index (χ3v) is 6.54. The van der Waals surface area contributed by atoms with Crippen molar-refractivity contribution in [1.82, 2.24) is 10.2 Å². The summed E-state index contributed by atoms with van der Waals surface area (Å²) in [6.07, 6.45) is 2.17. The van der Waals surface area contributed by atoms with E-state index in [1.54, 1.807) is 11.8 Å². The van der Waals surface area contributed by atoms with Gasteiger partial charge in [-0.05, 0) is 55.3 Å². The molecule has 1 heterocycles. The minimum absolute atomic E-state index is 0.0245. The average Bonchev–Trinajstić information content (AvgIpc) is 2.78. The van der Waals surface area contributed by atoms with Crippen LogP contribution in [0.2, 0.25) is 5.02 Å². The van der Waals surface area contributed by atoms with Crippen LogP contribution in [0, 0.1) is 0 Å².